The van der Waals surface area contributed by atoms with E-state index in [-0.39, 0.29) is 0 Å². The number of aromatic nitrogens is 4. The lowest BCUT2D eigenvalue weighted by Crippen LogP contribution is -2.40. The molecule has 0 radical (unpaired) electrons. The summed E-state index contributed by atoms with van der Waals surface area (Å²) in [5.74, 6) is 1.25. The van der Waals surface area contributed by atoms with E-state index in [4.69, 9.17) is 0 Å². The standard InChI is InChI=1S/C8H9N5/c1-2-10-8-11-5-12-13(8)7(1)6-3-9-4-6/h1-2,5-6,9H,3-4H2. The maximum atomic E-state index is 4.14. The molecule has 5 heteroatoms. The number of hydrogen-bond donors (Lipinski definition) is 1. The van der Waals surface area contributed by atoms with Crippen molar-refractivity contribution in [2.45, 2.75) is 5.92 Å². The predicted octanol–water partition coefficient (Wildman–Crippen LogP) is -0.189. The van der Waals surface area contributed by atoms with Crippen LogP contribution < -0.4 is 5.32 Å². The Balaban J connectivity index is 2.20. The van der Waals surface area contributed by atoms with Gasteiger partial charge in [0.1, 0.15) is 6.33 Å². The first-order valence-electron chi connectivity index (χ1n) is 4.30. The molecule has 0 amide bonds. The van der Waals surface area contributed by atoms with Crippen molar-refractivity contribution in [3.63, 3.8) is 0 Å². The second-order valence-corrected chi connectivity index (χ2v) is 3.20. The third-order valence-electron chi connectivity index (χ3n) is 2.41. The van der Waals surface area contributed by atoms with Crippen molar-refractivity contribution in [3.8, 4) is 0 Å². The summed E-state index contributed by atoms with van der Waals surface area (Å²) >= 11 is 0. The van der Waals surface area contributed by atoms with Gasteiger partial charge < -0.3 is 5.32 Å². The molecule has 13 heavy (non-hydrogen) atoms. The summed E-state index contributed by atoms with van der Waals surface area (Å²) in [4.78, 5) is 8.15. The molecule has 1 fully saturated rings. The average molecular weight is 175 g/mol. The maximum absolute atomic E-state index is 4.14. The number of hydrogen-bond acceptors (Lipinski definition) is 4. The van der Waals surface area contributed by atoms with Crippen molar-refractivity contribution < 1.29 is 0 Å². The normalized spacial score (nSPS) is 17.5. The molecule has 3 heterocycles. The van der Waals surface area contributed by atoms with Gasteiger partial charge in [0.2, 0.25) is 0 Å². The highest BCUT2D eigenvalue weighted by Gasteiger charge is 2.21. The van der Waals surface area contributed by atoms with Crippen LogP contribution in [0.1, 0.15) is 11.6 Å². The van der Waals surface area contributed by atoms with Gasteiger partial charge in [-0.05, 0) is 6.07 Å². The van der Waals surface area contributed by atoms with Crippen molar-refractivity contribution in [2.24, 2.45) is 0 Å². The van der Waals surface area contributed by atoms with Crippen LogP contribution in [0.2, 0.25) is 0 Å². The molecule has 1 N–H and O–H groups in total. The molecule has 0 aromatic carbocycles. The molecule has 1 saturated heterocycles. The molecule has 1 aliphatic heterocycles. The largest absolute Gasteiger partial charge is 0.315 e. The lowest BCUT2D eigenvalue weighted by molar-refractivity contribution is 0.432. The Hall–Kier alpha value is -1.49. The van der Waals surface area contributed by atoms with Gasteiger partial charge in [0.05, 0.1) is 5.69 Å². The van der Waals surface area contributed by atoms with E-state index in [1.165, 1.54) is 12.0 Å². The summed E-state index contributed by atoms with van der Waals surface area (Å²) in [5, 5.41) is 7.37. The lowest BCUT2D eigenvalue weighted by Gasteiger charge is -2.27. The molecule has 66 valence electrons. The molecule has 0 bridgehead atoms. The predicted molar refractivity (Wildman–Crippen MR) is 46.4 cm³/mol. The van der Waals surface area contributed by atoms with E-state index in [1.54, 1.807) is 6.20 Å². The molecular formula is C8H9N5. The van der Waals surface area contributed by atoms with Gasteiger partial charge in [0.25, 0.3) is 5.78 Å². The Kier molecular flexibility index (Phi) is 1.34. The van der Waals surface area contributed by atoms with Crippen molar-refractivity contribution in [1.29, 1.82) is 0 Å². The second kappa shape index (κ2) is 2.50. The number of nitrogens with zero attached hydrogens (tertiary/aromatic N) is 4. The van der Waals surface area contributed by atoms with Crippen molar-refractivity contribution in [2.75, 3.05) is 13.1 Å². The summed E-state index contributed by atoms with van der Waals surface area (Å²) in [6.45, 7) is 2.05. The molecule has 0 atom stereocenters. The van der Waals surface area contributed by atoms with Gasteiger partial charge in [0.15, 0.2) is 0 Å². The second-order valence-electron chi connectivity index (χ2n) is 3.20. The van der Waals surface area contributed by atoms with E-state index >= 15 is 0 Å². The van der Waals surface area contributed by atoms with Crippen LogP contribution in [0, 0.1) is 0 Å². The molecule has 2 aromatic heterocycles. The minimum Gasteiger partial charge on any atom is -0.315 e. The van der Waals surface area contributed by atoms with Gasteiger partial charge in [-0.1, -0.05) is 0 Å². The van der Waals surface area contributed by atoms with E-state index in [2.05, 4.69) is 20.4 Å². The smallest absolute Gasteiger partial charge is 0.252 e. The van der Waals surface area contributed by atoms with Crippen LogP contribution in [0.25, 0.3) is 5.78 Å². The monoisotopic (exact) mass is 175 g/mol. The van der Waals surface area contributed by atoms with Crippen molar-refractivity contribution >= 4 is 5.78 Å². The van der Waals surface area contributed by atoms with Crippen LogP contribution in [0.5, 0.6) is 0 Å². The van der Waals surface area contributed by atoms with E-state index in [0.717, 1.165) is 13.1 Å². The van der Waals surface area contributed by atoms with Crippen LogP contribution in [0.3, 0.4) is 0 Å². The van der Waals surface area contributed by atoms with E-state index in [1.807, 2.05) is 10.6 Å². The topological polar surface area (TPSA) is 55.1 Å². The van der Waals surface area contributed by atoms with E-state index in [9.17, 15) is 0 Å². The Morgan fingerprint density at radius 2 is 2.31 bits per heavy atom. The highest BCUT2D eigenvalue weighted by Crippen LogP contribution is 2.18. The van der Waals surface area contributed by atoms with Gasteiger partial charge in [-0.15, -0.1) is 0 Å². The minimum atomic E-state index is 0.562. The third kappa shape index (κ3) is 0.936. The molecule has 0 saturated carbocycles. The highest BCUT2D eigenvalue weighted by atomic mass is 15.3. The third-order valence-corrected chi connectivity index (χ3v) is 2.41. The number of nitrogens with one attached hydrogen (secondary N) is 1. The molecular weight excluding hydrogens is 166 g/mol. The molecule has 0 aliphatic carbocycles. The summed E-state index contributed by atoms with van der Waals surface area (Å²) in [5.41, 5.74) is 1.20. The van der Waals surface area contributed by atoms with Gasteiger partial charge in [0, 0.05) is 25.2 Å². The molecule has 3 rings (SSSR count). The zero-order valence-corrected chi connectivity index (χ0v) is 7.01. The van der Waals surface area contributed by atoms with Crippen LogP contribution in [0.4, 0.5) is 0 Å². The Morgan fingerprint density at radius 3 is 3.08 bits per heavy atom. The van der Waals surface area contributed by atoms with E-state index in [0.29, 0.717) is 11.7 Å². The number of fused-ring (bicyclic) bond motifs is 1. The Bertz CT molecular complexity index is 431. The first-order chi connectivity index (χ1) is 6.45. The summed E-state index contributed by atoms with van der Waals surface area (Å²) in [7, 11) is 0. The molecule has 5 nitrogen and oxygen atoms in total. The minimum absolute atomic E-state index is 0.562. The molecule has 0 unspecified atom stereocenters. The first-order valence-corrected chi connectivity index (χ1v) is 4.30. The fourth-order valence-electron chi connectivity index (χ4n) is 1.56. The van der Waals surface area contributed by atoms with Gasteiger partial charge in [-0.2, -0.15) is 10.1 Å². The van der Waals surface area contributed by atoms with Crippen LogP contribution in [0.15, 0.2) is 18.6 Å². The Morgan fingerprint density at radius 1 is 1.38 bits per heavy atom. The fourth-order valence-corrected chi connectivity index (χ4v) is 1.56. The summed E-state index contributed by atoms with van der Waals surface area (Å²) in [6, 6.07) is 2.01. The summed E-state index contributed by atoms with van der Waals surface area (Å²) < 4.78 is 1.81. The molecule has 0 spiro atoms. The Labute approximate surface area is 74.8 Å². The fraction of sp³-hybridized carbons (Fsp3) is 0.375. The molecule has 2 aromatic rings. The van der Waals surface area contributed by atoms with Gasteiger partial charge in [-0.3, -0.25) is 0 Å². The number of rotatable bonds is 1. The van der Waals surface area contributed by atoms with E-state index < -0.39 is 0 Å². The maximum Gasteiger partial charge on any atom is 0.252 e. The quantitative estimate of drug-likeness (QED) is 0.652. The van der Waals surface area contributed by atoms with Crippen molar-refractivity contribution in [3.05, 3.63) is 24.3 Å². The average Bonchev–Trinajstić information content (AvgIpc) is 2.49. The van der Waals surface area contributed by atoms with Crippen LogP contribution in [-0.2, 0) is 0 Å². The van der Waals surface area contributed by atoms with Crippen LogP contribution in [-0.4, -0.2) is 32.7 Å². The SMILES string of the molecule is c1cc(C2CNC2)n2ncnc2n1. The van der Waals surface area contributed by atoms with Gasteiger partial charge >= 0.3 is 0 Å². The van der Waals surface area contributed by atoms with Gasteiger partial charge in [-0.25, -0.2) is 9.50 Å². The van der Waals surface area contributed by atoms with Crippen molar-refractivity contribution in [1.82, 2.24) is 24.9 Å². The first kappa shape index (κ1) is 6.97. The zero-order valence-electron chi connectivity index (χ0n) is 7.01. The molecule has 1 aliphatic rings. The lowest BCUT2D eigenvalue weighted by atomic mass is 9.99. The highest BCUT2D eigenvalue weighted by molar-refractivity contribution is 5.29. The zero-order chi connectivity index (χ0) is 8.67. The summed E-state index contributed by atoms with van der Waals surface area (Å²) in [6.07, 6.45) is 3.33. The van der Waals surface area contributed by atoms with Crippen LogP contribution >= 0.6 is 0 Å².